The molecule has 0 aliphatic carbocycles. The Morgan fingerprint density at radius 2 is 2.26 bits per heavy atom. The molecular formula is C15H21N3O. The van der Waals surface area contributed by atoms with E-state index in [1.165, 1.54) is 5.56 Å². The van der Waals surface area contributed by atoms with Crippen molar-refractivity contribution in [3.63, 3.8) is 0 Å². The van der Waals surface area contributed by atoms with E-state index in [1.54, 1.807) is 0 Å². The van der Waals surface area contributed by atoms with Crippen LogP contribution in [0.25, 0.3) is 11.0 Å². The van der Waals surface area contributed by atoms with Crippen molar-refractivity contribution >= 4 is 11.0 Å². The predicted octanol–water partition coefficient (Wildman–Crippen LogP) is 2.27. The number of hydrogen-bond donors (Lipinski definition) is 2. The molecule has 2 heterocycles. The van der Waals surface area contributed by atoms with E-state index in [9.17, 15) is 0 Å². The van der Waals surface area contributed by atoms with Gasteiger partial charge in [0.1, 0.15) is 5.82 Å². The number of nitrogens with zero attached hydrogens (tertiary/aromatic N) is 1. The van der Waals surface area contributed by atoms with Gasteiger partial charge in [0.25, 0.3) is 0 Å². The van der Waals surface area contributed by atoms with Crippen molar-refractivity contribution in [3.8, 4) is 0 Å². The molecule has 0 radical (unpaired) electrons. The van der Waals surface area contributed by atoms with Crippen LogP contribution in [0.15, 0.2) is 18.2 Å². The van der Waals surface area contributed by atoms with E-state index < -0.39 is 0 Å². The van der Waals surface area contributed by atoms with E-state index in [-0.39, 0.29) is 11.5 Å². The van der Waals surface area contributed by atoms with Crippen molar-refractivity contribution < 1.29 is 4.74 Å². The number of hydrogen-bond acceptors (Lipinski definition) is 3. The normalized spacial score (nSPS) is 19.3. The zero-order chi connectivity index (χ0) is 13.5. The standard InChI is InChI=1S/C15H21N3O/c1-10(16)5-6-15(8-19-9-15)12-3-4-13-14(7-12)18-11(2)17-13/h3-4,7,10H,5-6,8-9,16H2,1-2H3,(H,17,18). The van der Waals surface area contributed by atoms with Gasteiger partial charge in [-0.25, -0.2) is 4.98 Å². The van der Waals surface area contributed by atoms with E-state index in [0.717, 1.165) is 42.9 Å². The van der Waals surface area contributed by atoms with Crippen LogP contribution < -0.4 is 5.73 Å². The Bertz CT molecular complexity index is 584. The van der Waals surface area contributed by atoms with Gasteiger partial charge >= 0.3 is 0 Å². The molecule has 1 aromatic carbocycles. The largest absolute Gasteiger partial charge is 0.379 e. The van der Waals surface area contributed by atoms with Crippen LogP contribution in [0, 0.1) is 6.92 Å². The first kappa shape index (κ1) is 12.6. The van der Waals surface area contributed by atoms with Gasteiger partial charge in [0.05, 0.1) is 24.2 Å². The highest BCUT2D eigenvalue weighted by Gasteiger charge is 2.40. The summed E-state index contributed by atoms with van der Waals surface area (Å²) in [6, 6.07) is 6.75. The third-order valence-corrected chi connectivity index (χ3v) is 4.05. The summed E-state index contributed by atoms with van der Waals surface area (Å²) in [4.78, 5) is 7.75. The Morgan fingerprint density at radius 3 is 2.89 bits per heavy atom. The first-order chi connectivity index (χ1) is 9.09. The summed E-state index contributed by atoms with van der Waals surface area (Å²) >= 11 is 0. The fraction of sp³-hybridized carbons (Fsp3) is 0.533. The summed E-state index contributed by atoms with van der Waals surface area (Å²) < 4.78 is 5.48. The predicted molar refractivity (Wildman–Crippen MR) is 76.2 cm³/mol. The Kier molecular flexibility index (Phi) is 3.07. The molecule has 0 bridgehead atoms. The molecule has 4 nitrogen and oxygen atoms in total. The van der Waals surface area contributed by atoms with Crippen LogP contribution in [0.3, 0.4) is 0 Å². The molecular weight excluding hydrogens is 238 g/mol. The molecule has 1 aliphatic rings. The van der Waals surface area contributed by atoms with Gasteiger partial charge in [-0.15, -0.1) is 0 Å². The number of nitrogens with two attached hydrogens (primary N) is 1. The minimum absolute atomic E-state index is 0.154. The maximum atomic E-state index is 5.89. The van der Waals surface area contributed by atoms with Gasteiger partial charge in [0.2, 0.25) is 0 Å². The number of H-pyrrole nitrogens is 1. The maximum absolute atomic E-state index is 5.89. The number of imidazole rings is 1. The summed E-state index contributed by atoms with van der Waals surface area (Å²) in [5.74, 6) is 0.960. The number of aromatic nitrogens is 2. The summed E-state index contributed by atoms with van der Waals surface area (Å²) in [7, 11) is 0. The van der Waals surface area contributed by atoms with Crippen molar-refractivity contribution in [2.45, 2.75) is 38.1 Å². The van der Waals surface area contributed by atoms with Crippen molar-refractivity contribution in [2.24, 2.45) is 5.73 Å². The lowest BCUT2D eigenvalue weighted by atomic mass is 9.74. The molecule has 2 aromatic rings. The number of aryl methyl sites for hydroxylation is 1. The highest BCUT2D eigenvalue weighted by atomic mass is 16.5. The number of fused-ring (bicyclic) bond motifs is 1. The fourth-order valence-corrected chi connectivity index (χ4v) is 2.77. The second-order valence-corrected chi connectivity index (χ2v) is 5.84. The quantitative estimate of drug-likeness (QED) is 0.885. The van der Waals surface area contributed by atoms with Crippen LogP contribution >= 0.6 is 0 Å². The lowest BCUT2D eigenvalue weighted by Crippen LogP contribution is -2.47. The molecule has 1 aromatic heterocycles. The summed E-state index contributed by atoms with van der Waals surface area (Å²) in [6.45, 7) is 5.66. The van der Waals surface area contributed by atoms with Gasteiger partial charge < -0.3 is 15.5 Å². The molecule has 3 rings (SSSR count). The number of aromatic amines is 1. The minimum Gasteiger partial charge on any atom is -0.379 e. The van der Waals surface area contributed by atoms with Crippen molar-refractivity contribution in [1.29, 1.82) is 0 Å². The number of ether oxygens (including phenoxy) is 1. The van der Waals surface area contributed by atoms with Gasteiger partial charge in [-0.05, 0) is 44.4 Å². The van der Waals surface area contributed by atoms with Crippen LogP contribution in [-0.2, 0) is 10.2 Å². The van der Waals surface area contributed by atoms with Gasteiger partial charge in [-0.2, -0.15) is 0 Å². The molecule has 102 valence electrons. The van der Waals surface area contributed by atoms with Crippen LogP contribution in [0.1, 0.15) is 31.2 Å². The zero-order valence-corrected chi connectivity index (χ0v) is 11.6. The molecule has 4 heteroatoms. The van der Waals surface area contributed by atoms with E-state index in [1.807, 2.05) is 6.92 Å². The van der Waals surface area contributed by atoms with Crippen LogP contribution in [0.2, 0.25) is 0 Å². The third kappa shape index (κ3) is 2.26. The van der Waals surface area contributed by atoms with Gasteiger partial charge in [-0.3, -0.25) is 0 Å². The van der Waals surface area contributed by atoms with Crippen LogP contribution in [0.4, 0.5) is 0 Å². The van der Waals surface area contributed by atoms with E-state index in [2.05, 4.69) is 35.1 Å². The highest BCUT2D eigenvalue weighted by molar-refractivity contribution is 5.76. The Balaban J connectivity index is 1.92. The van der Waals surface area contributed by atoms with Gasteiger partial charge in [0.15, 0.2) is 0 Å². The zero-order valence-electron chi connectivity index (χ0n) is 11.6. The minimum atomic E-state index is 0.154. The second-order valence-electron chi connectivity index (χ2n) is 5.84. The summed E-state index contributed by atoms with van der Waals surface area (Å²) in [5, 5.41) is 0. The maximum Gasteiger partial charge on any atom is 0.104 e. The lowest BCUT2D eigenvalue weighted by Gasteiger charge is -2.42. The molecule has 1 unspecified atom stereocenters. The van der Waals surface area contributed by atoms with Gasteiger partial charge in [0, 0.05) is 11.5 Å². The highest BCUT2D eigenvalue weighted by Crippen LogP contribution is 2.38. The lowest BCUT2D eigenvalue weighted by molar-refractivity contribution is -0.0656. The monoisotopic (exact) mass is 259 g/mol. The third-order valence-electron chi connectivity index (χ3n) is 4.05. The number of rotatable bonds is 4. The number of benzene rings is 1. The fourth-order valence-electron chi connectivity index (χ4n) is 2.77. The Morgan fingerprint density at radius 1 is 1.47 bits per heavy atom. The first-order valence-electron chi connectivity index (χ1n) is 6.89. The van der Waals surface area contributed by atoms with Crippen molar-refractivity contribution in [1.82, 2.24) is 9.97 Å². The molecule has 0 spiro atoms. The molecule has 1 aliphatic heterocycles. The molecule has 0 amide bonds. The molecule has 1 atom stereocenters. The molecule has 0 saturated carbocycles. The SMILES string of the molecule is Cc1nc2ccc(C3(CCC(C)N)COC3)cc2[nH]1. The molecule has 3 N–H and O–H groups in total. The number of nitrogens with one attached hydrogen (secondary N) is 1. The van der Waals surface area contributed by atoms with Crippen molar-refractivity contribution in [2.75, 3.05) is 13.2 Å². The van der Waals surface area contributed by atoms with Crippen LogP contribution in [0.5, 0.6) is 0 Å². The van der Waals surface area contributed by atoms with Crippen LogP contribution in [-0.4, -0.2) is 29.2 Å². The van der Waals surface area contributed by atoms with E-state index >= 15 is 0 Å². The average molecular weight is 259 g/mol. The van der Waals surface area contributed by atoms with E-state index in [0.29, 0.717) is 0 Å². The smallest absolute Gasteiger partial charge is 0.104 e. The second kappa shape index (κ2) is 4.62. The summed E-state index contributed by atoms with van der Waals surface area (Å²) in [6.07, 6.45) is 2.12. The molecule has 1 saturated heterocycles. The van der Waals surface area contributed by atoms with Gasteiger partial charge in [-0.1, -0.05) is 6.07 Å². The topological polar surface area (TPSA) is 63.9 Å². The Labute approximate surface area is 113 Å². The van der Waals surface area contributed by atoms with Crippen molar-refractivity contribution in [3.05, 3.63) is 29.6 Å². The molecule has 1 fully saturated rings. The Hall–Kier alpha value is -1.39. The summed E-state index contributed by atoms with van der Waals surface area (Å²) in [5.41, 5.74) is 9.53. The first-order valence-corrected chi connectivity index (χ1v) is 6.89. The average Bonchev–Trinajstić information content (AvgIpc) is 2.66. The van der Waals surface area contributed by atoms with E-state index in [4.69, 9.17) is 10.5 Å². The molecule has 19 heavy (non-hydrogen) atoms.